The van der Waals surface area contributed by atoms with Gasteiger partial charge >= 0.3 is 0 Å². The lowest BCUT2D eigenvalue weighted by Crippen LogP contribution is -2.44. The van der Waals surface area contributed by atoms with Crippen molar-refractivity contribution in [2.75, 3.05) is 48.6 Å². The number of nitrogens with two attached hydrogens (primary N) is 1. The summed E-state index contributed by atoms with van der Waals surface area (Å²) in [6, 6.07) is 15.8. The van der Waals surface area contributed by atoms with Crippen LogP contribution < -0.4 is 15.4 Å². The van der Waals surface area contributed by atoms with Gasteiger partial charge in [-0.2, -0.15) is 10.4 Å². The number of rotatable bonds is 6. The maximum atomic E-state index is 15.4. The summed E-state index contributed by atoms with van der Waals surface area (Å²) in [4.78, 5) is 12.6. The predicted octanol–water partition coefficient (Wildman–Crippen LogP) is 4.93. The molecule has 0 radical (unpaired) electrons. The molecule has 15 heteroatoms. The molecule has 224 valence electrons. The van der Waals surface area contributed by atoms with Gasteiger partial charge in [-0.3, -0.25) is 4.72 Å². The van der Waals surface area contributed by atoms with E-state index in [1.807, 2.05) is 12.1 Å². The van der Waals surface area contributed by atoms with Gasteiger partial charge in [-0.05, 0) is 49.5 Å². The Balaban J connectivity index is 1.39. The van der Waals surface area contributed by atoms with Gasteiger partial charge in [0, 0.05) is 37.4 Å². The highest BCUT2D eigenvalue weighted by molar-refractivity contribution is 7.92. The summed E-state index contributed by atoms with van der Waals surface area (Å²) in [6.45, 7) is 3.50. The van der Waals surface area contributed by atoms with Crippen LogP contribution >= 0.6 is 23.2 Å². The van der Waals surface area contributed by atoms with Gasteiger partial charge in [-0.25, -0.2) is 27.5 Å². The zero-order chi connectivity index (χ0) is 31.2. The lowest BCUT2D eigenvalue weighted by atomic mass is 10.1. The highest BCUT2D eigenvalue weighted by Crippen LogP contribution is 2.35. The lowest BCUT2D eigenvalue weighted by Gasteiger charge is -2.34. The van der Waals surface area contributed by atoms with Gasteiger partial charge in [0.2, 0.25) is 0 Å². The Morgan fingerprint density at radius 1 is 1.05 bits per heavy atom. The molecule has 2 aromatic heterocycles. The smallest absolute Gasteiger partial charge is 0.263 e. The Kier molecular flexibility index (Phi) is 7.77. The summed E-state index contributed by atoms with van der Waals surface area (Å²) < 4.78 is 45.0. The second kappa shape index (κ2) is 11.5. The average molecular weight is 653 g/mol. The van der Waals surface area contributed by atoms with Crippen molar-refractivity contribution in [3.63, 3.8) is 0 Å². The van der Waals surface area contributed by atoms with Crippen LogP contribution in [0.2, 0.25) is 10.0 Å². The van der Waals surface area contributed by atoms with Gasteiger partial charge in [0.05, 0.1) is 32.4 Å². The third kappa shape index (κ3) is 5.37. The molecule has 0 atom stereocenters. The standard InChI is InChI=1S/C29H24Cl2FN9O2S/c1-39-9-11-40(12-10-39)19-6-8-23(18(13-19)15-33)41-29-25(28(34)35-16-36-29)27(37-41)17-5-7-22(21(32)14-17)38-44(42,43)24-4-2-3-20(30)26(24)31/h2-8,13-14,16,38H,9-12H2,1H3,(H2,34,35,36). The molecule has 1 aliphatic heterocycles. The van der Waals surface area contributed by atoms with E-state index in [4.69, 9.17) is 34.0 Å². The van der Waals surface area contributed by atoms with Crippen molar-refractivity contribution >= 4 is 61.5 Å². The topological polar surface area (TPSA) is 146 Å². The molecule has 3 heterocycles. The zero-order valence-corrected chi connectivity index (χ0v) is 25.5. The van der Waals surface area contributed by atoms with Gasteiger partial charge in [0.15, 0.2) is 5.65 Å². The number of nitrogens with one attached hydrogen (secondary N) is 1. The molecule has 5 aromatic rings. The molecule has 0 spiro atoms. The van der Waals surface area contributed by atoms with Crippen LogP contribution in [0.1, 0.15) is 5.56 Å². The summed E-state index contributed by atoms with van der Waals surface area (Å²) in [5, 5.41) is 15.0. The van der Waals surface area contributed by atoms with Crippen molar-refractivity contribution in [2.45, 2.75) is 4.90 Å². The number of hydrogen-bond acceptors (Lipinski definition) is 9. The Labute approximate surface area is 262 Å². The van der Waals surface area contributed by atoms with E-state index in [0.717, 1.165) is 37.9 Å². The van der Waals surface area contributed by atoms with Crippen LogP contribution in [0.5, 0.6) is 0 Å². The molecule has 1 saturated heterocycles. The molecular weight excluding hydrogens is 628 g/mol. The number of fused-ring (bicyclic) bond motifs is 1. The van der Waals surface area contributed by atoms with E-state index in [-0.39, 0.29) is 37.7 Å². The van der Waals surface area contributed by atoms with Crippen molar-refractivity contribution in [2.24, 2.45) is 0 Å². The minimum absolute atomic E-state index is 0.0427. The average Bonchev–Trinajstić information content (AvgIpc) is 3.40. The maximum Gasteiger partial charge on any atom is 0.263 e. The normalized spacial score (nSPS) is 14.1. The number of likely N-dealkylation sites (N-methyl/N-ethyl adjacent to an activating group) is 1. The van der Waals surface area contributed by atoms with E-state index in [0.29, 0.717) is 22.3 Å². The molecule has 0 bridgehead atoms. The summed E-state index contributed by atoms with van der Waals surface area (Å²) in [6.07, 6.45) is 1.28. The predicted molar refractivity (Wildman–Crippen MR) is 168 cm³/mol. The van der Waals surface area contributed by atoms with Gasteiger partial charge in [-0.1, -0.05) is 35.3 Å². The molecule has 1 fully saturated rings. The molecule has 6 rings (SSSR count). The van der Waals surface area contributed by atoms with Crippen LogP contribution in [0, 0.1) is 17.1 Å². The fourth-order valence-electron chi connectivity index (χ4n) is 5.04. The molecule has 3 N–H and O–H groups in total. The van der Waals surface area contributed by atoms with E-state index in [2.05, 4.69) is 37.6 Å². The first kappa shape index (κ1) is 29.6. The first-order valence-electron chi connectivity index (χ1n) is 13.3. The molecule has 0 aliphatic carbocycles. The van der Waals surface area contributed by atoms with E-state index in [1.54, 1.807) is 6.07 Å². The largest absolute Gasteiger partial charge is 0.383 e. The third-order valence-corrected chi connectivity index (χ3v) is 9.72. The lowest BCUT2D eigenvalue weighted by molar-refractivity contribution is 0.313. The van der Waals surface area contributed by atoms with Crippen molar-refractivity contribution in [3.05, 3.63) is 82.4 Å². The number of nitrogen functional groups attached to an aromatic ring is 1. The Morgan fingerprint density at radius 3 is 2.55 bits per heavy atom. The van der Waals surface area contributed by atoms with Crippen molar-refractivity contribution < 1.29 is 12.8 Å². The number of aromatic nitrogens is 4. The highest BCUT2D eigenvalue weighted by Gasteiger charge is 2.24. The number of halogens is 3. The Morgan fingerprint density at radius 2 is 1.82 bits per heavy atom. The number of hydrogen-bond donors (Lipinski definition) is 2. The summed E-state index contributed by atoms with van der Waals surface area (Å²) in [5.74, 6) is -0.777. The number of nitrogens with zero attached hydrogens (tertiary/aromatic N) is 7. The number of benzene rings is 3. The van der Waals surface area contributed by atoms with Gasteiger partial charge in [0.1, 0.15) is 34.6 Å². The van der Waals surface area contributed by atoms with E-state index in [9.17, 15) is 13.7 Å². The molecular formula is C29H24Cl2FN9O2S. The molecule has 0 amide bonds. The molecule has 3 aromatic carbocycles. The first-order chi connectivity index (χ1) is 21.1. The number of sulfonamides is 1. The molecule has 0 unspecified atom stereocenters. The third-order valence-electron chi connectivity index (χ3n) is 7.38. The van der Waals surface area contributed by atoms with Crippen LogP contribution in [0.3, 0.4) is 0 Å². The Hall–Kier alpha value is -4.48. The van der Waals surface area contributed by atoms with E-state index >= 15 is 4.39 Å². The zero-order valence-electron chi connectivity index (χ0n) is 23.2. The molecule has 44 heavy (non-hydrogen) atoms. The summed E-state index contributed by atoms with van der Waals surface area (Å²) >= 11 is 12.1. The van der Waals surface area contributed by atoms with Crippen LogP contribution in [0.25, 0.3) is 28.0 Å². The van der Waals surface area contributed by atoms with E-state index < -0.39 is 15.8 Å². The maximum absolute atomic E-state index is 15.4. The SMILES string of the molecule is CN1CCN(c2ccc(-n3nc(-c4ccc(NS(=O)(=O)c5cccc(Cl)c5Cl)c(F)c4)c4c(N)ncnc43)c(C#N)c2)CC1. The van der Waals surface area contributed by atoms with Gasteiger partial charge < -0.3 is 15.5 Å². The van der Waals surface area contributed by atoms with Gasteiger partial charge in [0.25, 0.3) is 10.0 Å². The monoisotopic (exact) mass is 651 g/mol. The Bertz CT molecular complexity index is 2070. The second-order valence-electron chi connectivity index (χ2n) is 10.2. The fraction of sp³-hybridized carbons (Fsp3) is 0.172. The van der Waals surface area contributed by atoms with Crippen LogP contribution in [-0.2, 0) is 10.0 Å². The summed E-state index contributed by atoms with van der Waals surface area (Å²) in [7, 11) is -2.19. The minimum atomic E-state index is -4.26. The van der Waals surface area contributed by atoms with Crippen LogP contribution in [0.15, 0.2) is 65.8 Å². The number of anilines is 3. The van der Waals surface area contributed by atoms with Crippen molar-refractivity contribution in [1.82, 2.24) is 24.6 Å². The molecule has 0 saturated carbocycles. The van der Waals surface area contributed by atoms with Gasteiger partial charge in [-0.15, -0.1) is 0 Å². The van der Waals surface area contributed by atoms with Crippen molar-refractivity contribution in [1.29, 1.82) is 5.26 Å². The highest BCUT2D eigenvalue weighted by atomic mass is 35.5. The van der Waals surface area contributed by atoms with Crippen molar-refractivity contribution in [3.8, 4) is 23.0 Å². The van der Waals surface area contributed by atoms with Crippen LogP contribution in [0.4, 0.5) is 21.6 Å². The fourth-order valence-corrected chi connectivity index (χ4v) is 6.87. The quantitative estimate of drug-likeness (QED) is 0.261. The number of nitriles is 1. The first-order valence-corrected chi connectivity index (χ1v) is 15.6. The second-order valence-corrected chi connectivity index (χ2v) is 12.6. The molecule has 1 aliphatic rings. The van der Waals surface area contributed by atoms with E-state index in [1.165, 1.54) is 41.3 Å². The van der Waals surface area contributed by atoms with Crippen LogP contribution in [-0.4, -0.2) is 66.3 Å². The summed E-state index contributed by atoms with van der Waals surface area (Å²) in [5.41, 5.74) is 8.52. The number of piperazine rings is 1. The minimum Gasteiger partial charge on any atom is -0.383 e. The molecule has 11 nitrogen and oxygen atoms in total.